The van der Waals surface area contributed by atoms with E-state index in [1.165, 1.54) is 30.4 Å². The zero-order chi connectivity index (χ0) is 17.5. The number of nitrogens with one attached hydrogen (secondary N) is 2. The molecular weight excluding hydrogens is 336 g/mol. The quantitative estimate of drug-likeness (QED) is 0.764. The molecule has 0 spiro atoms. The predicted molar refractivity (Wildman–Crippen MR) is 100 cm³/mol. The maximum atomic E-state index is 11.8. The number of carbonyl (C=O) groups is 1. The smallest absolute Gasteiger partial charge is 0.315 e. The Labute approximate surface area is 153 Å². The van der Waals surface area contributed by atoms with E-state index in [0.717, 1.165) is 17.7 Å². The molecule has 1 aliphatic rings. The van der Waals surface area contributed by atoms with E-state index in [1.54, 1.807) is 0 Å². The number of hydrogen-bond donors (Lipinski definition) is 2. The summed E-state index contributed by atoms with van der Waals surface area (Å²) in [6, 6.07) is 13.5. The fraction of sp³-hybridized carbons (Fsp3) is 0.350. The van der Waals surface area contributed by atoms with Crippen LogP contribution < -0.4 is 15.4 Å². The molecule has 2 amide bonds. The number of halogens is 1. The molecule has 0 saturated carbocycles. The molecule has 25 heavy (non-hydrogen) atoms. The van der Waals surface area contributed by atoms with Crippen molar-refractivity contribution >= 4 is 17.6 Å². The van der Waals surface area contributed by atoms with E-state index < -0.39 is 0 Å². The molecule has 0 aliphatic heterocycles. The van der Waals surface area contributed by atoms with Crippen LogP contribution in [0.15, 0.2) is 42.5 Å². The van der Waals surface area contributed by atoms with Crippen LogP contribution in [0.4, 0.5) is 4.79 Å². The summed E-state index contributed by atoms with van der Waals surface area (Å²) in [6.07, 6.45) is 4.84. The molecule has 0 heterocycles. The number of amides is 2. The van der Waals surface area contributed by atoms with Gasteiger partial charge in [0.1, 0.15) is 12.4 Å². The lowest BCUT2D eigenvalue weighted by Crippen LogP contribution is -2.37. The third kappa shape index (κ3) is 5.13. The van der Waals surface area contributed by atoms with Crippen molar-refractivity contribution in [2.75, 3.05) is 13.2 Å². The normalized spacial score (nSPS) is 13.0. The van der Waals surface area contributed by atoms with Crippen LogP contribution in [0.25, 0.3) is 0 Å². The molecule has 3 rings (SSSR count). The first kappa shape index (κ1) is 17.6. The van der Waals surface area contributed by atoms with Gasteiger partial charge in [0, 0.05) is 11.6 Å². The summed E-state index contributed by atoms with van der Waals surface area (Å²) < 4.78 is 5.74. The van der Waals surface area contributed by atoms with E-state index in [-0.39, 0.29) is 6.03 Å². The van der Waals surface area contributed by atoms with E-state index in [4.69, 9.17) is 16.3 Å². The monoisotopic (exact) mass is 358 g/mol. The highest BCUT2D eigenvalue weighted by Gasteiger charge is 2.10. The van der Waals surface area contributed by atoms with Crippen LogP contribution in [0, 0.1) is 0 Å². The molecule has 0 aromatic heterocycles. The molecule has 0 bridgehead atoms. The van der Waals surface area contributed by atoms with Crippen molar-refractivity contribution in [2.24, 2.45) is 0 Å². The maximum absolute atomic E-state index is 11.8. The van der Waals surface area contributed by atoms with Crippen LogP contribution in [0.2, 0.25) is 5.02 Å². The van der Waals surface area contributed by atoms with E-state index in [2.05, 4.69) is 22.8 Å². The van der Waals surface area contributed by atoms with Gasteiger partial charge in [-0.25, -0.2) is 4.79 Å². The molecule has 4 nitrogen and oxygen atoms in total. The molecule has 2 N–H and O–H groups in total. The van der Waals surface area contributed by atoms with Gasteiger partial charge in [0.2, 0.25) is 0 Å². The van der Waals surface area contributed by atoms with Gasteiger partial charge in [0.25, 0.3) is 0 Å². The van der Waals surface area contributed by atoms with Gasteiger partial charge < -0.3 is 15.4 Å². The van der Waals surface area contributed by atoms with Crippen LogP contribution in [0.3, 0.4) is 0 Å². The first-order chi connectivity index (χ1) is 12.2. The SMILES string of the molecule is O=C(NCCOc1ccc2c(c1)CCCC2)NCc1ccccc1Cl. The highest BCUT2D eigenvalue weighted by Crippen LogP contribution is 2.25. The number of hydrogen-bond acceptors (Lipinski definition) is 2. The number of rotatable bonds is 6. The van der Waals surface area contributed by atoms with Gasteiger partial charge in [0.15, 0.2) is 0 Å². The summed E-state index contributed by atoms with van der Waals surface area (Å²) in [5.41, 5.74) is 3.73. The summed E-state index contributed by atoms with van der Waals surface area (Å²) in [5, 5.41) is 6.23. The van der Waals surface area contributed by atoms with Gasteiger partial charge in [-0.2, -0.15) is 0 Å². The molecule has 5 heteroatoms. The molecule has 0 saturated heterocycles. The Bertz CT molecular complexity index is 733. The summed E-state index contributed by atoms with van der Waals surface area (Å²) >= 11 is 6.06. The van der Waals surface area contributed by atoms with E-state index in [9.17, 15) is 4.79 Å². The van der Waals surface area contributed by atoms with Crippen LogP contribution >= 0.6 is 11.6 Å². The minimum absolute atomic E-state index is 0.228. The Morgan fingerprint density at radius 1 is 1.04 bits per heavy atom. The minimum Gasteiger partial charge on any atom is -0.492 e. The molecular formula is C20H23ClN2O2. The summed E-state index contributed by atoms with van der Waals surface area (Å²) in [4.78, 5) is 11.8. The van der Waals surface area contributed by atoms with Gasteiger partial charge in [-0.05, 0) is 60.6 Å². The molecule has 2 aromatic rings. The number of fused-ring (bicyclic) bond motifs is 1. The van der Waals surface area contributed by atoms with Crippen molar-refractivity contribution in [3.8, 4) is 5.75 Å². The van der Waals surface area contributed by atoms with E-state index >= 15 is 0 Å². The largest absolute Gasteiger partial charge is 0.492 e. The molecule has 2 aromatic carbocycles. The lowest BCUT2D eigenvalue weighted by molar-refractivity contribution is 0.236. The second-order valence-corrected chi connectivity index (χ2v) is 6.59. The number of carbonyl (C=O) groups excluding carboxylic acids is 1. The Morgan fingerprint density at radius 2 is 1.84 bits per heavy atom. The fourth-order valence-corrected chi connectivity index (χ4v) is 3.22. The average Bonchev–Trinajstić information content (AvgIpc) is 2.64. The van der Waals surface area contributed by atoms with Crippen LogP contribution in [-0.2, 0) is 19.4 Å². The predicted octanol–water partition coefficient (Wildman–Crippen LogP) is 4.10. The first-order valence-corrected chi connectivity index (χ1v) is 9.10. The molecule has 0 atom stereocenters. The minimum atomic E-state index is -0.228. The zero-order valence-corrected chi connectivity index (χ0v) is 14.9. The highest BCUT2D eigenvalue weighted by atomic mass is 35.5. The lowest BCUT2D eigenvalue weighted by atomic mass is 9.92. The second kappa shape index (κ2) is 8.77. The molecule has 1 aliphatic carbocycles. The zero-order valence-electron chi connectivity index (χ0n) is 14.2. The molecule has 0 radical (unpaired) electrons. The van der Waals surface area contributed by atoms with Crippen molar-refractivity contribution in [1.82, 2.24) is 10.6 Å². The Morgan fingerprint density at radius 3 is 2.68 bits per heavy atom. The summed E-state index contributed by atoms with van der Waals surface area (Å²) in [5.74, 6) is 0.874. The molecule has 132 valence electrons. The molecule has 0 fully saturated rings. The van der Waals surface area contributed by atoms with E-state index in [0.29, 0.717) is 24.7 Å². The summed E-state index contributed by atoms with van der Waals surface area (Å²) in [6.45, 7) is 1.29. The van der Waals surface area contributed by atoms with Gasteiger partial charge in [-0.15, -0.1) is 0 Å². The standard InChI is InChI=1S/C20H23ClN2O2/c21-19-8-4-3-7-17(19)14-23-20(24)22-11-12-25-18-10-9-15-5-1-2-6-16(15)13-18/h3-4,7-10,13H,1-2,5-6,11-12,14H2,(H2,22,23,24). The Hall–Kier alpha value is -2.20. The van der Waals surface area contributed by atoms with Crippen molar-refractivity contribution in [3.63, 3.8) is 0 Å². The topological polar surface area (TPSA) is 50.4 Å². The van der Waals surface area contributed by atoms with Crippen molar-refractivity contribution in [1.29, 1.82) is 0 Å². The summed E-state index contributed by atoms with van der Waals surface area (Å²) in [7, 11) is 0. The van der Waals surface area contributed by atoms with Crippen molar-refractivity contribution in [3.05, 3.63) is 64.2 Å². The van der Waals surface area contributed by atoms with Crippen LogP contribution in [0.1, 0.15) is 29.5 Å². The van der Waals surface area contributed by atoms with Gasteiger partial charge >= 0.3 is 6.03 Å². The number of urea groups is 1. The van der Waals surface area contributed by atoms with Crippen LogP contribution in [-0.4, -0.2) is 19.2 Å². The second-order valence-electron chi connectivity index (χ2n) is 6.19. The third-order valence-corrected chi connectivity index (χ3v) is 4.74. The maximum Gasteiger partial charge on any atom is 0.315 e. The Balaban J connectivity index is 1.37. The van der Waals surface area contributed by atoms with Crippen molar-refractivity contribution in [2.45, 2.75) is 32.2 Å². The fourth-order valence-electron chi connectivity index (χ4n) is 3.01. The third-order valence-electron chi connectivity index (χ3n) is 4.37. The van der Waals surface area contributed by atoms with Gasteiger partial charge in [0.05, 0.1) is 6.54 Å². The van der Waals surface area contributed by atoms with Gasteiger partial charge in [-0.3, -0.25) is 0 Å². The van der Waals surface area contributed by atoms with Gasteiger partial charge in [-0.1, -0.05) is 35.9 Å². The average molecular weight is 359 g/mol. The number of aryl methyl sites for hydroxylation is 2. The van der Waals surface area contributed by atoms with E-state index in [1.807, 2.05) is 30.3 Å². The lowest BCUT2D eigenvalue weighted by Gasteiger charge is -2.17. The Kier molecular flexibility index (Phi) is 6.18. The number of ether oxygens (including phenoxy) is 1. The van der Waals surface area contributed by atoms with Crippen LogP contribution in [0.5, 0.6) is 5.75 Å². The molecule has 0 unspecified atom stereocenters. The first-order valence-electron chi connectivity index (χ1n) is 8.72. The number of benzene rings is 2. The highest BCUT2D eigenvalue weighted by molar-refractivity contribution is 6.31. The van der Waals surface area contributed by atoms with Crippen molar-refractivity contribution < 1.29 is 9.53 Å².